The zero-order valence-electron chi connectivity index (χ0n) is 17.5. The van der Waals surface area contributed by atoms with Crippen LogP contribution in [-0.4, -0.2) is 106 Å². The molecule has 0 heterocycles. The first-order chi connectivity index (χ1) is 11.5. The van der Waals surface area contributed by atoms with E-state index in [1.165, 1.54) is 0 Å². The van der Waals surface area contributed by atoms with Crippen molar-refractivity contribution in [2.75, 3.05) is 45.8 Å². The molecule has 0 fully saturated rings. The minimum Gasteiger partial charge on any atom is -0.392 e. The average Bonchev–Trinajstić information content (AvgIpc) is 2.45. The third-order valence-corrected chi connectivity index (χ3v) is 4.39. The predicted octanol–water partition coefficient (Wildman–Crippen LogP) is 0.852. The van der Waals surface area contributed by atoms with Crippen molar-refractivity contribution >= 4 is 0 Å². The molecule has 3 atom stereocenters. The highest BCUT2D eigenvalue weighted by Crippen LogP contribution is 2.05. The fourth-order valence-electron chi connectivity index (χ4n) is 3.01. The van der Waals surface area contributed by atoms with Gasteiger partial charge in [-0.15, -0.1) is 0 Å². The van der Waals surface area contributed by atoms with Crippen molar-refractivity contribution in [3.05, 3.63) is 0 Å². The van der Waals surface area contributed by atoms with Crippen LogP contribution >= 0.6 is 0 Å². The van der Waals surface area contributed by atoms with Gasteiger partial charge in [-0.2, -0.15) is 0 Å². The van der Waals surface area contributed by atoms with Gasteiger partial charge in [0.1, 0.15) is 0 Å². The van der Waals surface area contributed by atoms with E-state index in [-0.39, 0.29) is 18.3 Å². The van der Waals surface area contributed by atoms with E-state index in [4.69, 9.17) is 0 Å². The second kappa shape index (κ2) is 13.0. The van der Waals surface area contributed by atoms with Crippen molar-refractivity contribution in [2.24, 2.45) is 0 Å². The van der Waals surface area contributed by atoms with E-state index >= 15 is 0 Å². The monoisotopic (exact) mass is 361 g/mol. The summed E-state index contributed by atoms with van der Waals surface area (Å²) in [6, 6.07) is 0.760. The molecule has 0 amide bonds. The van der Waals surface area contributed by atoms with Crippen LogP contribution in [0.15, 0.2) is 0 Å². The summed E-state index contributed by atoms with van der Waals surface area (Å²) in [5.41, 5.74) is 0. The van der Waals surface area contributed by atoms with Crippen molar-refractivity contribution in [3.63, 3.8) is 0 Å². The van der Waals surface area contributed by atoms with Gasteiger partial charge in [0.25, 0.3) is 0 Å². The molecule has 0 aromatic rings. The van der Waals surface area contributed by atoms with Crippen LogP contribution in [0.4, 0.5) is 0 Å². The normalized spacial score (nSPS) is 16.4. The first-order valence-corrected chi connectivity index (χ1v) is 9.77. The highest BCUT2D eigenvalue weighted by atomic mass is 16.3. The van der Waals surface area contributed by atoms with E-state index in [0.29, 0.717) is 31.7 Å². The Labute approximate surface area is 155 Å². The third kappa shape index (κ3) is 12.7. The minimum atomic E-state index is -0.367. The van der Waals surface area contributed by atoms with Crippen LogP contribution in [-0.2, 0) is 0 Å². The Morgan fingerprint density at radius 2 is 0.840 bits per heavy atom. The molecule has 152 valence electrons. The van der Waals surface area contributed by atoms with Gasteiger partial charge >= 0.3 is 0 Å². The number of hydrogen-bond donors (Lipinski definition) is 3. The van der Waals surface area contributed by atoms with Crippen LogP contribution in [0.2, 0.25) is 0 Å². The Morgan fingerprint density at radius 1 is 0.520 bits per heavy atom. The number of hydrogen-bond acceptors (Lipinski definition) is 6. The lowest BCUT2D eigenvalue weighted by atomic mass is 10.2. The van der Waals surface area contributed by atoms with Gasteiger partial charge in [-0.25, -0.2) is 0 Å². The van der Waals surface area contributed by atoms with Gasteiger partial charge in [-0.1, -0.05) is 0 Å². The summed E-state index contributed by atoms with van der Waals surface area (Å²) in [6.07, 6.45) is -1.04. The highest BCUT2D eigenvalue weighted by Gasteiger charge is 2.17. The van der Waals surface area contributed by atoms with Crippen LogP contribution in [0.1, 0.15) is 48.5 Å². The molecule has 0 aliphatic rings. The van der Waals surface area contributed by atoms with Crippen LogP contribution in [0, 0.1) is 0 Å². The van der Waals surface area contributed by atoms with E-state index in [0.717, 1.165) is 26.2 Å². The molecule has 0 spiro atoms. The topological polar surface area (TPSA) is 70.4 Å². The zero-order chi connectivity index (χ0) is 19.6. The standard InChI is InChI=1S/C19H43N3O3/c1-15(2)21(13-18(6)24)10-8-20(12-17(5)23)9-11-22(16(3)4)14-19(7)25/h15-19,23-25H,8-14H2,1-7H3. The lowest BCUT2D eigenvalue weighted by Crippen LogP contribution is -2.47. The van der Waals surface area contributed by atoms with Crippen LogP contribution in [0.3, 0.4) is 0 Å². The summed E-state index contributed by atoms with van der Waals surface area (Å²) in [4.78, 5) is 6.82. The largest absolute Gasteiger partial charge is 0.392 e. The highest BCUT2D eigenvalue weighted by molar-refractivity contribution is 4.73. The molecule has 0 radical (unpaired) electrons. The maximum atomic E-state index is 9.81. The van der Waals surface area contributed by atoms with Crippen molar-refractivity contribution in [3.8, 4) is 0 Å². The Balaban J connectivity index is 4.66. The molecule has 0 bridgehead atoms. The van der Waals surface area contributed by atoms with Gasteiger partial charge in [-0.05, 0) is 48.5 Å². The van der Waals surface area contributed by atoms with Crippen LogP contribution in [0.25, 0.3) is 0 Å². The van der Waals surface area contributed by atoms with Gasteiger partial charge in [0.05, 0.1) is 18.3 Å². The summed E-state index contributed by atoms with van der Waals surface area (Å²) in [5.74, 6) is 0. The molecule has 0 aromatic heterocycles. The van der Waals surface area contributed by atoms with Gasteiger partial charge < -0.3 is 15.3 Å². The van der Waals surface area contributed by atoms with E-state index in [1.807, 2.05) is 20.8 Å². The van der Waals surface area contributed by atoms with Crippen LogP contribution in [0.5, 0.6) is 0 Å². The molecule has 6 heteroatoms. The summed E-state index contributed by atoms with van der Waals surface area (Å²) >= 11 is 0. The Morgan fingerprint density at radius 3 is 1.08 bits per heavy atom. The van der Waals surface area contributed by atoms with Crippen molar-refractivity contribution in [1.82, 2.24) is 14.7 Å². The average molecular weight is 362 g/mol. The fourth-order valence-corrected chi connectivity index (χ4v) is 3.01. The van der Waals surface area contributed by atoms with E-state index < -0.39 is 0 Å². The molecule has 0 rings (SSSR count). The second-order valence-electron chi connectivity index (χ2n) is 8.03. The molecule has 0 saturated carbocycles. The quantitative estimate of drug-likeness (QED) is 0.426. The predicted molar refractivity (Wildman–Crippen MR) is 105 cm³/mol. The van der Waals surface area contributed by atoms with Gasteiger partial charge in [-0.3, -0.25) is 14.7 Å². The molecule has 6 nitrogen and oxygen atoms in total. The van der Waals surface area contributed by atoms with Crippen LogP contribution < -0.4 is 0 Å². The van der Waals surface area contributed by atoms with Crippen molar-refractivity contribution < 1.29 is 15.3 Å². The Kier molecular flexibility index (Phi) is 12.9. The molecule has 25 heavy (non-hydrogen) atoms. The first kappa shape index (κ1) is 24.8. The Bertz CT molecular complexity index is 297. The number of nitrogens with zero attached hydrogens (tertiary/aromatic N) is 3. The summed E-state index contributed by atoms with van der Waals surface area (Å²) < 4.78 is 0. The van der Waals surface area contributed by atoms with E-state index in [9.17, 15) is 15.3 Å². The summed E-state index contributed by atoms with van der Waals surface area (Å²) in [5, 5.41) is 29.2. The van der Waals surface area contributed by atoms with Gasteiger partial charge in [0, 0.05) is 57.9 Å². The molecule has 3 unspecified atom stereocenters. The number of aliphatic hydroxyl groups excluding tert-OH is 3. The van der Waals surface area contributed by atoms with Gasteiger partial charge in [0.2, 0.25) is 0 Å². The number of rotatable bonds is 14. The maximum Gasteiger partial charge on any atom is 0.0639 e. The van der Waals surface area contributed by atoms with Crippen molar-refractivity contribution in [1.29, 1.82) is 0 Å². The van der Waals surface area contributed by atoms with Gasteiger partial charge in [0.15, 0.2) is 0 Å². The molecule has 0 aromatic carbocycles. The van der Waals surface area contributed by atoms with E-state index in [2.05, 4.69) is 42.4 Å². The maximum absolute atomic E-state index is 9.81. The zero-order valence-corrected chi connectivity index (χ0v) is 17.5. The number of aliphatic hydroxyl groups is 3. The summed E-state index contributed by atoms with van der Waals surface area (Å²) in [6.45, 7) is 19.5. The molecule has 3 N–H and O–H groups in total. The fraction of sp³-hybridized carbons (Fsp3) is 1.00. The Hall–Kier alpha value is -0.240. The molecule has 0 aliphatic carbocycles. The molecule has 0 aliphatic heterocycles. The summed E-state index contributed by atoms with van der Waals surface area (Å²) in [7, 11) is 0. The van der Waals surface area contributed by atoms with E-state index in [1.54, 1.807) is 0 Å². The SMILES string of the molecule is CC(O)CN(CCN(CC(C)O)C(C)C)CCN(CC(C)O)C(C)C. The lowest BCUT2D eigenvalue weighted by molar-refractivity contribution is 0.0675. The minimum absolute atomic E-state index is 0.338. The molecular formula is C19H43N3O3. The second-order valence-corrected chi connectivity index (χ2v) is 8.03. The molecule has 0 saturated heterocycles. The first-order valence-electron chi connectivity index (χ1n) is 9.77. The smallest absolute Gasteiger partial charge is 0.0639 e. The lowest BCUT2D eigenvalue weighted by Gasteiger charge is -2.34. The van der Waals surface area contributed by atoms with Crippen molar-refractivity contribution in [2.45, 2.75) is 78.9 Å². The third-order valence-electron chi connectivity index (χ3n) is 4.39. The molecular weight excluding hydrogens is 318 g/mol.